The Morgan fingerprint density at radius 2 is 2.14 bits per heavy atom. The van der Waals surface area contributed by atoms with Crippen molar-refractivity contribution >= 4 is 44.7 Å². The number of amides is 1. The number of piperidine rings is 1. The van der Waals surface area contributed by atoms with Gasteiger partial charge in [0, 0.05) is 55.1 Å². The first kappa shape index (κ1) is 22.4. The minimum Gasteiger partial charge on any atom is -0.378 e. The number of nitrogens with zero attached hydrogens (tertiary/aromatic N) is 6. The topological polar surface area (TPSA) is 90.5 Å². The molecule has 1 N–H and O–H groups in total. The van der Waals surface area contributed by atoms with Crippen LogP contribution in [0.15, 0.2) is 30.5 Å². The lowest BCUT2D eigenvalue weighted by Gasteiger charge is -2.35. The van der Waals surface area contributed by atoms with E-state index in [9.17, 15) is 4.79 Å². The molecule has 1 amide bonds. The van der Waals surface area contributed by atoms with Crippen molar-refractivity contribution in [3.05, 3.63) is 35.3 Å². The maximum absolute atomic E-state index is 11.3. The standard InChI is InChI=1S/C25H29N7O2S/c1-30(16-33)17-4-3-7-31(14-17)15-18-12-22-23(35-18)25(32-8-10-34-11-9-32)28-24(27-22)19-5-2-6-21-20(19)13-26-29-21/h2,5-6,12-13,16-17H,3-4,7-11,14-15H2,1H3,(H,26,29)/t17-/m0/s1. The van der Waals surface area contributed by atoms with Crippen LogP contribution in [-0.2, 0) is 16.1 Å². The second-order valence-electron chi connectivity index (χ2n) is 9.34. The van der Waals surface area contributed by atoms with Crippen LogP contribution in [0.1, 0.15) is 17.7 Å². The van der Waals surface area contributed by atoms with E-state index >= 15 is 0 Å². The van der Waals surface area contributed by atoms with Gasteiger partial charge in [-0.25, -0.2) is 9.97 Å². The van der Waals surface area contributed by atoms with Crippen LogP contribution in [0.2, 0.25) is 0 Å². The van der Waals surface area contributed by atoms with Gasteiger partial charge in [0.1, 0.15) is 0 Å². The number of likely N-dealkylation sites (N-methyl/N-ethyl adjacent to an activating group) is 1. The second-order valence-corrected chi connectivity index (χ2v) is 10.5. The van der Waals surface area contributed by atoms with Crippen molar-refractivity contribution in [3.8, 4) is 11.4 Å². The van der Waals surface area contributed by atoms with E-state index in [0.29, 0.717) is 13.2 Å². The van der Waals surface area contributed by atoms with Crippen molar-refractivity contribution in [1.82, 2.24) is 30.0 Å². The van der Waals surface area contributed by atoms with Crippen molar-refractivity contribution in [1.29, 1.82) is 0 Å². The fourth-order valence-electron chi connectivity index (χ4n) is 5.13. The van der Waals surface area contributed by atoms with E-state index < -0.39 is 0 Å². The number of ether oxygens (including phenoxy) is 1. The fraction of sp³-hybridized carbons (Fsp3) is 0.440. The molecule has 0 aliphatic carbocycles. The molecule has 0 unspecified atom stereocenters. The van der Waals surface area contributed by atoms with Gasteiger partial charge in [0.05, 0.1) is 35.1 Å². The normalized spacial score (nSPS) is 19.5. The molecule has 182 valence electrons. The molecular formula is C25H29N7O2S. The Labute approximate surface area is 207 Å². The van der Waals surface area contributed by atoms with Gasteiger partial charge in [-0.1, -0.05) is 12.1 Å². The Kier molecular flexibility index (Phi) is 6.09. The van der Waals surface area contributed by atoms with Crippen LogP contribution in [0.25, 0.3) is 32.5 Å². The highest BCUT2D eigenvalue weighted by Gasteiger charge is 2.25. The molecule has 2 aliphatic rings. The molecule has 35 heavy (non-hydrogen) atoms. The molecule has 10 heteroatoms. The van der Waals surface area contributed by atoms with Crippen molar-refractivity contribution < 1.29 is 9.53 Å². The van der Waals surface area contributed by atoms with Gasteiger partial charge < -0.3 is 14.5 Å². The zero-order chi connectivity index (χ0) is 23.8. The summed E-state index contributed by atoms with van der Waals surface area (Å²) >= 11 is 1.78. The zero-order valence-electron chi connectivity index (χ0n) is 19.8. The van der Waals surface area contributed by atoms with E-state index in [1.807, 2.05) is 30.3 Å². The van der Waals surface area contributed by atoms with Crippen molar-refractivity contribution in [3.63, 3.8) is 0 Å². The van der Waals surface area contributed by atoms with E-state index in [1.165, 1.54) is 4.88 Å². The predicted octanol–water partition coefficient (Wildman–Crippen LogP) is 3.12. The summed E-state index contributed by atoms with van der Waals surface area (Å²) in [5.74, 6) is 1.71. The van der Waals surface area contributed by atoms with Crippen LogP contribution in [0, 0.1) is 0 Å². The van der Waals surface area contributed by atoms with Crippen LogP contribution >= 0.6 is 11.3 Å². The molecule has 5 heterocycles. The monoisotopic (exact) mass is 491 g/mol. The highest BCUT2D eigenvalue weighted by Crippen LogP contribution is 2.36. The number of H-pyrrole nitrogens is 1. The summed E-state index contributed by atoms with van der Waals surface area (Å²) in [6, 6.07) is 8.59. The maximum Gasteiger partial charge on any atom is 0.209 e. The van der Waals surface area contributed by atoms with E-state index in [1.54, 1.807) is 11.3 Å². The third kappa shape index (κ3) is 4.37. The number of aromatic amines is 1. The van der Waals surface area contributed by atoms with Gasteiger partial charge >= 0.3 is 0 Å². The minimum absolute atomic E-state index is 0.279. The first-order valence-corrected chi connectivity index (χ1v) is 13.0. The summed E-state index contributed by atoms with van der Waals surface area (Å²) in [7, 11) is 1.88. The number of fused-ring (bicyclic) bond motifs is 2. The maximum atomic E-state index is 11.3. The second kappa shape index (κ2) is 9.52. The molecule has 1 aromatic carbocycles. The Bertz CT molecular complexity index is 1350. The van der Waals surface area contributed by atoms with Crippen LogP contribution in [0.5, 0.6) is 0 Å². The van der Waals surface area contributed by atoms with Crippen LogP contribution < -0.4 is 4.90 Å². The average molecular weight is 492 g/mol. The number of benzene rings is 1. The molecular weight excluding hydrogens is 462 g/mol. The Balaban J connectivity index is 1.38. The van der Waals surface area contributed by atoms with Crippen molar-refractivity contribution in [2.45, 2.75) is 25.4 Å². The molecule has 2 saturated heterocycles. The molecule has 3 aromatic heterocycles. The van der Waals surface area contributed by atoms with Gasteiger partial charge in [-0.2, -0.15) is 5.10 Å². The first-order valence-electron chi connectivity index (χ1n) is 12.1. The molecule has 0 bridgehead atoms. The smallest absolute Gasteiger partial charge is 0.209 e. The molecule has 0 spiro atoms. The Hall–Kier alpha value is -3.08. The van der Waals surface area contributed by atoms with E-state index in [4.69, 9.17) is 14.7 Å². The molecule has 9 nitrogen and oxygen atoms in total. The summed E-state index contributed by atoms with van der Waals surface area (Å²) < 4.78 is 6.74. The van der Waals surface area contributed by atoms with Gasteiger partial charge in [-0.05, 0) is 31.5 Å². The molecule has 4 aromatic rings. The lowest BCUT2D eigenvalue weighted by atomic mass is 10.0. The van der Waals surface area contributed by atoms with Crippen LogP contribution in [-0.4, -0.2) is 88.9 Å². The number of carbonyl (C=O) groups excluding carboxylic acids is 1. The van der Waals surface area contributed by atoms with E-state index in [-0.39, 0.29) is 6.04 Å². The number of thiophene rings is 1. The number of anilines is 1. The van der Waals surface area contributed by atoms with Crippen LogP contribution in [0.3, 0.4) is 0 Å². The number of likely N-dealkylation sites (tertiary alicyclic amines) is 1. The summed E-state index contributed by atoms with van der Waals surface area (Å²) in [4.78, 5) is 29.2. The number of nitrogens with one attached hydrogen (secondary N) is 1. The minimum atomic E-state index is 0.279. The molecule has 2 fully saturated rings. The summed E-state index contributed by atoms with van der Waals surface area (Å²) in [6.45, 7) is 5.86. The number of rotatable bonds is 6. The molecule has 0 saturated carbocycles. The SMILES string of the molecule is CN(C=O)[C@H]1CCCN(Cc2cc3nc(-c4cccc5[nH]ncc45)nc(N4CCOCC4)c3s2)C1. The largest absolute Gasteiger partial charge is 0.378 e. The van der Waals surface area contributed by atoms with Gasteiger partial charge in [0.25, 0.3) is 0 Å². The zero-order valence-corrected chi connectivity index (χ0v) is 20.6. The fourth-order valence-corrected chi connectivity index (χ4v) is 6.28. The summed E-state index contributed by atoms with van der Waals surface area (Å²) in [5, 5.41) is 8.29. The van der Waals surface area contributed by atoms with Gasteiger partial charge in [0.15, 0.2) is 11.6 Å². The van der Waals surface area contributed by atoms with Crippen molar-refractivity contribution in [2.75, 3.05) is 51.3 Å². The average Bonchev–Trinajstić information content (AvgIpc) is 3.55. The van der Waals surface area contributed by atoms with Crippen molar-refractivity contribution in [2.24, 2.45) is 0 Å². The number of hydrogen-bond acceptors (Lipinski definition) is 8. The lowest BCUT2D eigenvalue weighted by molar-refractivity contribution is -0.119. The summed E-state index contributed by atoms with van der Waals surface area (Å²) in [6.07, 6.45) is 4.95. The quantitative estimate of drug-likeness (QED) is 0.415. The Morgan fingerprint density at radius 3 is 3.00 bits per heavy atom. The number of aromatic nitrogens is 4. The van der Waals surface area contributed by atoms with Gasteiger partial charge in [0.2, 0.25) is 6.41 Å². The molecule has 1 atom stereocenters. The van der Waals surface area contributed by atoms with Gasteiger partial charge in [-0.15, -0.1) is 11.3 Å². The van der Waals surface area contributed by atoms with Gasteiger partial charge in [-0.3, -0.25) is 14.8 Å². The number of hydrogen-bond donors (Lipinski definition) is 1. The first-order chi connectivity index (χ1) is 17.2. The predicted molar refractivity (Wildman–Crippen MR) is 138 cm³/mol. The molecule has 6 rings (SSSR count). The third-order valence-electron chi connectivity index (χ3n) is 7.04. The number of morpholine rings is 1. The Morgan fingerprint density at radius 1 is 1.26 bits per heavy atom. The molecule has 0 radical (unpaired) electrons. The van der Waals surface area contributed by atoms with Crippen LogP contribution in [0.4, 0.5) is 5.82 Å². The lowest BCUT2D eigenvalue weighted by Crippen LogP contribution is -2.45. The highest BCUT2D eigenvalue weighted by atomic mass is 32.1. The number of carbonyl (C=O) groups is 1. The highest BCUT2D eigenvalue weighted by molar-refractivity contribution is 7.19. The van der Waals surface area contributed by atoms with E-state index in [2.05, 4.69) is 32.1 Å². The third-order valence-corrected chi connectivity index (χ3v) is 8.15. The summed E-state index contributed by atoms with van der Waals surface area (Å²) in [5.41, 5.74) is 2.94. The van der Waals surface area contributed by atoms with E-state index in [0.717, 1.165) is 90.3 Å². The molecule has 2 aliphatic heterocycles.